The Morgan fingerprint density at radius 1 is 1.30 bits per heavy atom. The van der Waals surface area contributed by atoms with Gasteiger partial charge in [-0.1, -0.05) is 12.1 Å². The Balaban J connectivity index is 0.00000192. The average molecular weight is 339 g/mol. The van der Waals surface area contributed by atoms with Gasteiger partial charge in [0.05, 0.1) is 13.0 Å². The van der Waals surface area contributed by atoms with E-state index in [1.54, 1.807) is 0 Å². The van der Waals surface area contributed by atoms with Crippen molar-refractivity contribution in [3.63, 3.8) is 0 Å². The van der Waals surface area contributed by atoms with Crippen LogP contribution in [0.1, 0.15) is 30.4 Å². The van der Waals surface area contributed by atoms with Crippen molar-refractivity contribution < 1.29 is 9.53 Å². The molecule has 2 N–H and O–H groups in total. The lowest BCUT2D eigenvalue weighted by Crippen LogP contribution is -2.34. The summed E-state index contributed by atoms with van der Waals surface area (Å²) in [6, 6.07) is 6.31. The Kier molecular flexibility index (Phi) is 5.93. The van der Waals surface area contributed by atoms with Crippen LogP contribution in [-0.4, -0.2) is 36.5 Å². The first kappa shape index (κ1) is 18.1. The van der Waals surface area contributed by atoms with Crippen LogP contribution in [0.15, 0.2) is 18.2 Å². The number of hydrogen-bond acceptors (Lipinski definition) is 3. The number of likely N-dealkylation sites (tertiary alicyclic amines) is 1. The van der Waals surface area contributed by atoms with Gasteiger partial charge in [0.1, 0.15) is 5.75 Å². The third-order valence-electron chi connectivity index (χ3n) is 5.39. The van der Waals surface area contributed by atoms with Crippen molar-refractivity contribution in [3.8, 4) is 5.75 Å². The summed E-state index contributed by atoms with van der Waals surface area (Å²) in [5.74, 6) is 2.22. The van der Waals surface area contributed by atoms with Gasteiger partial charge in [0.15, 0.2) is 0 Å². The van der Waals surface area contributed by atoms with Gasteiger partial charge in [-0.15, -0.1) is 12.4 Å². The van der Waals surface area contributed by atoms with Crippen molar-refractivity contribution in [3.05, 3.63) is 29.3 Å². The molecule has 1 aromatic carbocycles. The van der Waals surface area contributed by atoms with E-state index in [9.17, 15) is 4.79 Å². The minimum absolute atomic E-state index is 0. The summed E-state index contributed by atoms with van der Waals surface area (Å²) in [4.78, 5) is 14.3. The van der Waals surface area contributed by atoms with E-state index in [1.807, 2.05) is 17.0 Å². The number of nitrogens with zero attached hydrogens (tertiary/aromatic N) is 1. The van der Waals surface area contributed by atoms with E-state index >= 15 is 0 Å². The second-order valence-electron chi connectivity index (χ2n) is 6.76. The van der Waals surface area contributed by atoms with Crippen molar-refractivity contribution in [1.29, 1.82) is 0 Å². The third kappa shape index (κ3) is 3.81. The average Bonchev–Trinajstić information content (AvgIpc) is 3.06. The second-order valence-corrected chi connectivity index (χ2v) is 6.76. The number of carbonyl (C=O) groups excluding carboxylic acids is 1. The Labute approximate surface area is 144 Å². The molecule has 2 aliphatic rings. The fraction of sp³-hybridized carbons (Fsp3) is 0.611. The summed E-state index contributed by atoms with van der Waals surface area (Å²) >= 11 is 0. The summed E-state index contributed by atoms with van der Waals surface area (Å²) in [5.41, 5.74) is 8.49. The molecular weight excluding hydrogens is 312 g/mol. The molecule has 23 heavy (non-hydrogen) atoms. The van der Waals surface area contributed by atoms with Crippen molar-refractivity contribution >= 4 is 18.3 Å². The van der Waals surface area contributed by atoms with E-state index in [0.717, 1.165) is 30.8 Å². The van der Waals surface area contributed by atoms with Gasteiger partial charge in [0, 0.05) is 19.1 Å². The van der Waals surface area contributed by atoms with E-state index in [-0.39, 0.29) is 24.4 Å². The van der Waals surface area contributed by atoms with E-state index < -0.39 is 0 Å². The van der Waals surface area contributed by atoms with E-state index in [4.69, 9.17) is 10.5 Å². The number of ether oxygens (including phenoxy) is 1. The summed E-state index contributed by atoms with van der Waals surface area (Å²) < 4.78 is 5.79. The maximum Gasteiger partial charge on any atom is 0.226 e. The Hall–Kier alpha value is -1.26. The molecule has 128 valence electrons. The van der Waals surface area contributed by atoms with Crippen LogP contribution in [0.3, 0.4) is 0 Å². The number of rotatable bonds is 4. The van der Waals surface area contributed by atoms with Gasteiger partial charge < -0.3 is 15.4 Å². The Morgan fingerprint density at radius 3 is 2.83 bits per heavy atom. The SMILES string of the molecule is Cc1cccc(OCCC(=O)N2CC3CCC(N)C3C2)c1C.Cl. The molecule has 1 aliphatic heterocycles. The fourth-order valence-corrected chi connectivity index (χ4v) is 3.80. The first-order valence-electron chi connectivity index (χ1n) is 8.28. The molecule has 0 bridgehead atoms. The standard InChI is InChI=1S/C18H26N2O2.ClH/c1-12-4-3-5-17(13(12)2)22-9-8-18(21)20-10-14-6-7-16(19)15(14)11-20;/h3-5,14-16H,6-11,19H2,1-2H3;1H. The number of fused-ring (bicyclic) bond motifs is 1. The summed E-state index contributed by atoms with van der Waals surface area (Å²) in [6.45, 7) is 6.30. The van der Waals surface area contributed by atoms with Crippen LogP contribution < -0.4 is 10.5 Å². The molecule has 1 aromatic rings. The van der Waals surface area contributed by atoms with Gasteiger partial charge in [-0.05, 0) is 55.7 Å². The first-order chi connectivity index (χ1) is 10.6. The van der Waals surface area contributed by atoms with Gasteiger partial charge >= 0.3 is 0 Å². The van der Waals surface area contributed by atoms with Gasteiger partial charge in [0.25, 0.3) is 0 Å². The highest BCUT2D eigenvalue weighted by Crippen LogP contribution is 2.37. The highest BCUT2D eigenvalue weighted by molar-refractivity contribution is 5.85. The van der Waals surface area contributed by atoms with Crippen LogP contribution in [0.4, 0.5) is 0 Å². The van der Waals surface area contributed by atoms with Crippen LogP contribution in [-0.2, 0) is 4.79 Å². The number of benzene rings is 1. The highest BCUT2D eigenvalue weighted by Gasteiger charge is 2.42. The number of halogens is 1. The first-order valence-corrected chi connectivity index (χ1v) is 8.28. The van der Waals surface area contributed by atoms with E-state index in [0.29, 0.717) is 24.9 Å². The lowest BCUT2D eigenvalue weighted by Gasteiger charge is -2.19. The topological polar surface area (TPSA) is 55.6 Å². The number of carbonyl (C=O) groups is 1. The van der Waals surface area contributed by atoms with Crippen LogP contribution in [0, 0.1) is 25.7 Å². The van der Waals surface area contributed by atoms with E-state index in [2.05, 4.69) is 19.9 Å². The quantitative estimate of drug-likeness (QED) is 0.918. The maximum atomic E-state index is 12.3. The van der Waals surface area contributed by atoms with Gasteiger partial charge in [-0.2, -0.15) is 0 Å². The summed E-state index contributed by atoms with van der Waals surface area (Å²) in [5, 5.41) is 0. The molecule has 1 amide bonds. The minimum atomic E-state index is 0. The minimum Gasteiger partial charge on any atom is -0.493 e. The van der Waals surface area contributed by atoms with Crippen LogP contribution in [0.25, 0.3) is 0 Å². The lowest BCUT2D eigenvalue weighted by atomic mass is 9.98. The molecule has 1 saturated heterocycles. The van der Waals surface area contributed by atoms with Crippen molar-refractivity contribution in [2.45, 2.75) is 39.2 Å². The van der Waals surface area contributed by atoms with Gasteiger partial charge in [-0.25, -0.2) is 0 Å². The normalized spacial score (nSPS) is 25.9. The molecule has 4 nitrogen and oxygen atoms in total. The number of hydrogen-bond donors (Lipinski definition) is 1. The molecular formula is C18H27ClN2O2. The lowest BCUT2D eigenvalue weighted by molar-refractivity contribution is -0.131. The highest BCUT2D eigenvalue weighted by atomic mass is 35.5. The summed E-state index contributed by atoms with van der Waals surface area (Å²) in [7, 11) is 0. The van der Waals surface area contributed by atoms with Gasteiger partial charge in [0.2, 0.25) is 5.91 Å². The van der Waals surface area contributed by atoms with E-state index in [1.165, 1.54) is 12.0 Å². The molecule has 0 aromatic heterocycles. The molecule has 5 heteroatoms. The molecule has 2 fully saturated rings. The van der Waals surface area contributed by atoms with Crippen molar-refractivity contribution in [2.24, 2.45) is 17.6 Å². The molecule has 1 aliphatic carbocycles. The molecule has 0 spiro atoms. The predicted molar refractivity (Wildman–Crippen MR) is 94.0 cm³/mol. The Bertz CT molecular complexity index is 564. The third-order valence-corrected chi connectivity index (χ3v) is 5.39. The summed E-state index contributed by atoms with van der Waals surface area (Å²) in [6.07, 6.45) is 2.74. The van der Waals surface area contributed by atoms with Crippen LogP contribution in [0.2, 0.25) is 0 Å². The fourth-order valence-electron chi connectivity index (χ4n) is 3.80. The predicted octanol–water partition coefficient (Wildman–Crippen LogP) is 2.69. The number of aryl methyl sites for hydroxylation is 1. The molecule has 3 atom stereocenters. The zero-order valence-corrected chi connectivity index (χ0v) is 14.8. The number of amides is 1. The maximum absolute atomic E-state index is 12.3. The smallest absolute Gasteiger partial charge is 0.226 e. The zero-order valence-electron chi connectivity index (χ0n) is 14.0. The van der Waals surface area contributed by atoms with Crippen LogP contribution in [0.5, 0.6) is 5.75 Å². The molecule has 1 heterocycles. The van der Waals surface area contributed by atoms with Crippen molar-refractivity contribution in [1.82, 2.24) is 4.90 Å². The monoisotopic (exact) mass is 338 g/mol. The molecule has 3 rings (SSSR count). The van der Waals surface area contributed by atoms with Crippen molar-refractivity contribution in [2.75, 3.05) is 19.7 Å². The van der Waals surface area contributed by atoms with Gasteiger partial charge in [-0.3, -0.25) is 4.79 Å². The zero-order chi connectivity index (χ0) is 15.7. The number of nitrogens with two attached hydrogens (primary N) is 1. The molecule has 1 saturated carbocycles. The molecule has 3 unspecified atom stereocenters. The molecule has 0 radical (unpaired) electrons. The second kappa shape index (κ2) is 7.54. The van der Waals surface area contributed by atoms with Crippen LogP contribution >= 0.6 is 12.4 Å². The Morgan fingerprint density at radius 2 is 2.09 bits per heavy atom. The largest absolute Gasteiger partial charge is 0.493 e.